The number of rotatable bonds is 4. The second kappa shape index (κ2) is 4.73. The molecule has 1 aromatic carbocycles. The summed E-state index contributed by atoms with van der Waals surface area (Å²) in [5, 5.41) is 6.38. The van der Waals surface area contributed by atoms with E-state index in [0.717, 1.165) is 38.9 Å². The molecule has 3 nitrogen and oxygen atoms in total. The summed E-state index contributed by atoms with van der Waals surface area (Å²) in [5.74, 6) is 0.855. The molecule has 0 radical (unpaired) electrons. The van der Waals surface area contributed by atoms with Crippen molar-refractivity contribution in [2.75, 3.05) is 19.6 Å². The second-order valence-electron chi connectivity index (χ2n) is 5.54. The van der Waals surface area contributed by atoms with Crippen molar-refractivity contribution in [3.8, 4) is 0 Å². The molecule has 2 fully saturated rings. The van der Waals surface area contributed by atoms with Crippen LogP contribution < -0.4 is 10.6 Å². The van der Waals surface area contributed by atoms with Gasteiger partial charge in [0, 0.05) is 25.6 Å². The molecule has 3 heteroatoms. The molecule has 2 N–H and O–H groups in total. The number of carbonyl (C=O) groups excluding carboxylic acids is 1. The van der Waals surface area contributed by atoms with Gasteiger partial charge in [-0.3, -0.25) is 4.79 Å². The highest BCUT2D eigenvalue weighted by atomic mass is 16.2. The van der Waals surface area contributed by atoms with E-state index in [1.165, 1.54) is 5.56 Å². The Kier molecular flexibility index (Phi) is 3.08. The summed E-state index contributed by atoms with van der Waals surface area (Å²) in [6, 6.07) is 10.2. The third-order valence-corrected chi connectivity index (χ3v) is 4.39. The molecule has 0 spiro atoms. The van der Waals surface area contributed by atoms with Crippen LogP contribution in [0.15, 0.2) is 30.3 Å². The fourth-order valence-electron chi connectivity index (χ4n) is 2.83. The van der Waals surface area contributed by atoms with Crippen LogP contribution in [0, 0.1) is 5.92 Å². The molecule has 1 aromatic rings. The summed E-state index contributed by atoms with van der Waals surface area (Å²) in [7, 11) is 0. The summed E-state index contributed by atoms with van der Waals surface area (Å²) in [5.41, 5.74) is 0.943. The molecule has 1 amide bonds. The second-order valence-corrected chi connectivity index (χ2v) is 5.54. The molecule has 1 aliphatic carbocycles. The number of nitrogens with one attached hydrogen (secondary N) is 2. The summed E-state index contributed by atoms with van der Waals surface area (Å²) < 4.78 is 0. The number of hydrogen-bond acceptors (Lipinski definition) is 2. The van der Waals surface area contributed by atoms with E-state index in [-0.39, 0.29) is 11.3 Å². The Balaban J connectivity index is 1.69. The Bertz CT molecular complexity index is 421. The van der Waals surface area contributed by atoms with Gasteiger partial charge < -0.3 is 10.6 Å². The maximum atomic E-state index is 12.5. The maximum absolute atomic E-state index is 12.5. The van der Waals surface area contributed by atoms with E-state index in [1.807, 2.05) is 18.2 Å². The zero-order valence-corrected chi connectivity index (χ0v) is 10.6. The molecule has 0 bridgehead atoms. The van der Waals surface area contributed by atoms with Crippen molar-refractivity contribution < 1.29 is 4.79 Å². The lowest BCUT2D eigenvalue weighted by molar-refractivity contribution is -0.130. The van der Waals surface area contributed by atoms with Gasteiger partial charge in [0.05, 0.1) is 5.41 Å². The summed E-state index contributed by atoms with van der Waals surface area (Å²) >= 11 is 0. The van der Waals surface area contributed by atoms with Crippen LogP contribution in [0.2, 0.25) is 0 Å². The van der Waals surface area contributed by atoms with Crippen LogP contribution >= 0.6 is 0 Å². The van der Waals surface area contributed by atoms with E-state index in [9.17, 15) is 4.79 Å². The van der Waals surface area contributed by atoms with Crippen molar-refractivity contribution in [1.82, 2.24) is 10.6 Å². The van der Waals surface area contributed by atoms with Gasteiger partial charge in [-0.2, -0.15) is 0 Å². The van der Waals surface area contributed by atoms with Crippen LogP contribution in [0.25, 0.3) is 0 Å². The lowest BCUT2D eigenvalue weighted by atomic mass is 9.64. The van der Waals surface area contributed by atoms with Crippen LogP contribution in [0.5, 0.6) is 0 Å². The molecule has 96 valence electrons. The molecular formula is C15H20N2O. The molecule has 1 saturated carbocycles. The highest BCUT2D eigenvalue weighted by molar-refractivity contribution is 5.89. The molecule has 2 aliphatic rings. The van der Waals surface area contributed by atoms with E-state index in [4.69, 9.17) is 0 Å². The van der Waals surface area contributed by atoms with Gasteiger partial charge in [-0.05, 0) is 18.4 Å². The van der Waals surface area contributed by atoms with Crippen LogP contribution in [-0.2, 0) is 10.2 Å². The van der Waals surface area contributed by atoms with Crippen molar-refractivity contribution in [3.63, 3.8) is 0 Å². The molecule has 1 heterocycles. The lowest BCUT2D eigenvalue weighted by Crippen LogP contribution is -2.53. The SMILES string of the molecule is O=C(NCC1CNC1)C1(c2ccccc2)CCC1. The molecule has 0 atom stereocenters. The van der Waals surface area contributed by atoms with E-state index in [1.54, 1.807) is 0 Å². The Labute approximate surface area is 108 Å². The quantitative estimate of drug-likeness (QED) is 0.841. The first-order valence-electron chi connectivity index (χ1n) is 6.86. The highest BCUT2D eigenvalue weighted by Gasteiger charge is 2.45. The smallest absolute Gasteiger partial charge is 0.230 e. The van der Waals surface area contributed by atoms with Crippen LogP contribution in [0.3, 0.4) is 0 Å². The number of benzene rings is 1. The summed E-state index contributed by atoms with van der Waals surface area (Å²) in [6.07, 6.45) is 3.14. The lowest BCUT2D eigenvalue weighted by Gasteiger charge is -2.41. The normalized spacial score (nSPS) is 21.8. The van der Waals surface area contributed by atoms with Crippen molar-refractivity contribution in [2.45, 2.75) is 24.7 Å². The predicted octanol–water partition coefficient (Wildman–Crippen LogP) is 1.44. The minimum atomic E-state index is -0.238. The first-order chi connectivity index (χ1) is 8.81. The fourth-order valence-corrected chi connectivity index (χ4v) is 2.83. The Hall–Kier alpha value is -1.35. The van der Waals surface area contributed by atoms with Crippen molar-refractivity contribution in [1.29, 1.82) is 0 Å². The van der Waals surface area contributed by atoms with Crippen molar-refractivity contribution >= 4 is 5.91 Å². The maximum Gasteiger partial charge on any atom is 0.230 e. The minimum Gasteiger partial charge on any atom is -0.355 e. The zero-order chi connectivity index (χ0) is 12.4. The average Bonchev–Trinajstić information content (AvgIpc) is 2.27. The van der Waals surface area contributed by atoms with E-state index in [0.29, 0.717) is 5.92 Å². The summed E-state index contributed by atoms with van der Waals surface area (Å²) in [6.45, 7) is 2.90. The monoisotopic (exact) mass is 244 g/mol. The molecule has 1 aliphatic heterocycles. The standard InChI is InChI=1S/C15H20N2O/c18-14(17-11-12-9-16-10-12)15(7-4-8-15)13-5-2-1-3-6-13/h1-3,5-6,12,16H,4,7-11H2,(H,17,18). The zero-order valence-electron chi connectivity index (χ0n) is 10.6. The molecule has 0 unspecified atom stereocenters. The van der Waals surface area contributed by atoms with E-state index < -0.39 is 0 Å². The third kappa shape index (κ3) is 1.93. The Morgan fingerprint density at radius 1 is 1.28 bits per heavy atom. The Morgan fingerprint density at radius 3 is 2.50 bits per heavy atom. The topological polar surface area (TPSA) is 41.1 Å². The predicted molar refractivity (Wildman–Crippen MR) is 71.3 cm³/mol. The summed E-state index contributed by atoms with van der Waals surface area (Å²) in [4.78, 5) is 12.5. The number of carbonyl (C=O) groups is 1. The van der Waals surface area contributed by atoms with Crippen molar-refractivity contribution in [2.24, 2.45) is 5.92 Å². The van der Waals surface area contributed by atoms with Crippen LogP contribution in [0.1, 0.15) is 24.8 Å². The number of hydrogen-bond donors (Lipinski definition) is 2. The van der Waals surface area contributed by atoms with Crippen LogP contribution in [-0.4, -0.2) is 25.5 Å². The first kappa shape index (κ1) is 11.7. The largest absolute Gasteiger partial charge is 0.355 e. The fraction of sp³-hybridized carbons (Fsp3) is 0.533. The van der Waals surface area contributed by atoms with Crippen molar-refractivity contribution in [3.05, 3.63) is 35.9 Å². The third-order valence-electron chi connectivity index (χ3n) is 4.39. The van der Waals surface area contributed by atoms with Gasteiger partial charge >= 0.3 is 0 Å². The molecule has 18 heavy (non-hydrogen) atoms. The van der Waals surface area contributed by atoms with Gasteiger partial charge in [0.25, 0.3) is 0 Å². The number of amides is 1. The van der Waals surface area contributed by atoms with E-state index >= 15 is 0 Å². The van der Waals surface area contributed by atoms with Gasteiger partial charge in [-0.15, -0.1) is 0 Å². The van der Waals surface area contributed by atoms with Gasteiger partial charge in [0.2, 0.25) is 5.91 Å². The van der Waals surface area contributed by atoms with Gasteiger partial charge in [-0.25, -0.2) is 0 Å². The van der Waals surface area contributed by atoms with Gasteiger partial charge in [0.15, 0.2) is 0 Å². The Morgan fingerprint density at radius 2 is 2.00 bits per heavy atom. The van der Waals surface area contributed by atoms with E-state index in [2.05, 4.69) is 22.8 Å². The molecule has 3 rings (SSSR count). The molecule has 0 aromatic heterocycles. The first-order valence-corrected chi connectivity index (χ1v) is 6.86. The molecular weight excluding hydrogens is 224 g/mol. The van der Waals surface area contributed by atoms with Gasteiger partial charge in [-0.1, -0.05) is 36.8 Å². The highest BCUT2D eigenvalue weighted by Crippen LogP contribution is 2.43. The average molecular weight is 244 g/mol. The van der Waals surface area contributed by atoms with Crippen LogP contribution in [0.4, 0.5) is 0 Å². The van der Waals surface area contributed by atoms with Gasteiger partial charge in [0.1, 0.15) is 0 Å². The minimum absolute atomic E-state index is 0.229. The molecule has 1 saturated heterocycles.